The molecule has 1 heterocycles. The molecule has 0 unspecified atom stereocenters. The summed E-state index contributed by atoms with van der Waals surface area (Å²) in [5.41, 5.74) is 8.21. The number of aromatic nitrogens is 1. The van der Waals surface area contributed by atoms with E-state index in [2.05, 4.69) is 11.1 Å². The molecule has 0 aromatic carbocycles. The normalized spacial score (nSPS) is 17.6. The Kier molecular flexibility index (Phi) is 4.73. The highest BCUT2D eigenvalue weighted by atomic mass is 16.1. The van der Waals surface area contributed by atoms with E-state index in [1.165, 1.54) is 38.5 Å². The summed E-state index contributed by atoms with van der Waals surface area (Å²) >= 11 is 0. The van der Waals surface area contributed by atoms with Crippen molar-refractivity contribution in [1.82, 2.24) is 4.98 Å². The SMILES string of the molecule is NC(=O)c1cnc2cc1CCCCCCCCC2. The van der Waals surface area contributed by atoms with Crippen molar-refractivity contribution in [3.8, 4) is 0 Å². The maximum Gasteiger partial charge on any atom is 0.250 e. The van der Waals surface area contributed by atoms with Gasteiger partial charge in [0.15, 0.2) is 0 Å². The molecule has 0 atom stereocenters. The van der Waals surface area contributed by atoms with E-state index in [9.17, 15) is 4.79 Å². The fraction of sp³-hybridized carbons (Fsp3) is 0.600. The second kappa shape index (κ2) is 6.53. The summed E-state index contributed by atoms with van der Waals surface area (Å²) in [6.45, 7) is 0. The molecule has 18 heavy (non-hydrogen) atoms. The largest absolute Gasteiger partial charge is 0.366 e. The molecule has 1 aliphatic carbocycles. The zero-order valence-corrected chi connectivity index (χ0v) is 11.0. The number of fused-ring (bicyclic) bond motifs is 2. The molecule has 0 saturated carbocycles. The molecule has 0 radical (unpaired) electrons. The molecule has 2 bridgehead atoms. The first kappa shape index (κ1) is 13.1. The first-order chi connectivity index (χ1) is 8.77. The molecule has 98 valence electrons. The van der Waals surface area contributed by atoms with E-state index >= 15 is 0 Å². The number of carbonyl (C=O) groups excluding carboxylic acids is 1. The van der Waals surface area contributed by atoms with Crippen LogP contribution >= 0.6 is 0 Å². The number of nitrogens with zero attached hydrogens (tertiary/aromatic N) is 1. The van der Waals surface area contributed by atoms with Crippen molar-refractivity contribution < 1.29 is 4.79 Å². The Morgan fingerprint density at radius 1 is 1.00 bits per heavy atom. The molecule has 1 aliphatic rings. The van der Waals surface area contributed by atoms with Crippen LogP contribution in [0, 0.1) is 0 Å². The highest BCUT2D eigenvalue weighted by Crippen LogP contribution is 2.18. The molecule has 3 heteroatoms. The first-order valence-electron chi connectivity index (χ1n) is 7.05. The minimum Gasteiger partial charge on any atom is -0.366 e. The van der Waals surface area contributed by atoms with Crippen LogP contribution in [0.5, 0.6) is 0 Å². The van der Waals surface area contributed by atoms with E-state index in [-0.39, 0.29) is 5.91 Å². The van der Waals surface area contributed by atoms with Gasteiger partial charge in [-0.05, 0) is 37.3 Å². The van der Waals surface area contributed by atoms with Gasteiger partial charge in [0.05, 0.1) is 5.56 Å². The third kappa shape index (κ3) is 3.56. The van der Waals surface area contributed by atoms with Gasteiger partial charge in [-0.15, -0.1) is 0 Å². The molecule has 0 aliphatic heterocycles. The molecule has 0 saturated heterocycles. The van der Waals surface area contributed by atoms with Crippen LogP contribution < -0.4 is 5.73 Å². The molecule has 2 N–H and O–H groups in total. The van der Waals surface area contributed by atoms with Gasteiger partial charge in [-0.3, -0.25) is 9.78 Å². The van der Waals surface area contributed by atoms with Crippen LogP contribution in [0.4, 0.5) is 0 Å². The van der Waals surface area contributed by atoms with Crippen molar-refractivity contribution in [2.75, 3.05) is 0 Å². The van der Waals surface area contributed by atoms with Crippen LogP contribution in [-0.2, 0) is 12.8 Å². The molecule has 0 spiro atoms. The van der Waals surface area contributed by atoms with Gasteiger partial charge in [-0.2, -0.15) is 0 Å². The molecule has 3 nitrogen and oxygen atoms in total. The van der Waals surface area contributed by atoms with Crippen molar-refractivity contribution in [3.63, 3.8) is 0 Å². The van der Waals surface area contributed by atoms with Crippen molar-refractivity contribution in [2.45, 2.75) is 57.8 Å². The van der Waals surface area contributed by atoms with Crippen LogP contribution in [0.1, 0.15) is 66.6 Å². The average molecular weight is 246 g/mol. The fourth-order valence-electron chi connectivity index (χ4n) is 2.62. The van der Waals surface area contributed by atoms with Crippen LogP contribution in [-0.4, -0.2) is 10.9 Å². The lowest BCUT2D eigenvalue weighted by molar-refractivity contribution is 0.0999. The minimum atomic E-state index is -0.351. The number of hydrogen-bond acceptors (Lipinski definition) is 2. The quantitative estimate of drug-likeness (QED) is 0.828. The Morgan fingerprint density at radius 2 is 1.61 bits per heavy atom. The van der Waals surface area contributed by atoms with Crippen molar-refractivity contribution in [2.24, 2.45) is 5.73 Å². The molecule has 2 rings (SSSR count). The molecule has 1 aromatic rings. The Bertz CT molecular complexity index is 415. The molecular weight excluding hydrogens is 224 g/mol. The summed E-state index contributed by atoms with van der Waals surface area (Å²) < 4.78 is 0. The number of pyridine rings is 1. The standard InChI is InChI=1S/C15H22N2O/c16-15(18)14-11-17-13-9-7-5-3-1-2-4-6-8-12(14)10-13/h10-11H,1-9H2,(H2,16,18). The Morgan fingerprint density at radius 3 is 2.28 bits per heavy atom. The molecule has 1 amide bonds. The third-order valence-electron chi connectivity index (χ3n) is 3.69. The number of primary amides is 1. The smallest absolute Gasteiger partial charge is 0.250 e. The topological polar surface area (TPSA) is 56.0 Å². The van der Waals surface area contributed by atoms with Crippen molar-refractivity contribution >= 4 is 5.91 Å². The minimum absolute atomic E-state index is 0.351. The van der Waals surface area contributed by atoms with Crippen LogP contribution in [0.2, 0.25) is 0 Å². The van der Waals surface area contributed by atoms with Crippen molar-refractivity contribution in [1.29, 1.82) is 0 Å². The van der Waals surface area contributed by atoms with E-state index in [0.29, 0.717) is 5.56 Å². The fourth-order valence-corrected chi connectivity index (χ4v) is 2.62. The number of aryl methyl sites for hydroxylation is 2. The highest BCUT2D eigenvalue weighted by molar-refractivity contribution is 5.94. The van der Waals surface area contributed by atoms with E-state index in [0.717, 1.165) is 30.5 Å². The number of amides is 1. The van der Waals surface area contributed by atoms with Gasteiger partial charge in [0.25, 0.3) is 5.91 Å². The first-order valence-corrected chi connectivity index (χ1v) is 7.05. The van der Waals surface area contributed by atoms with Gasteiger partial charge in [0.2, 0.25) is 0 Å². The third-order valence-corrected chi connectivity index (χ3v) is 3.69. The van der Waals surface area contributed by atoms with Gasteiger partial charge in [0.1, 0.15) is 0 Å². The number of hydrogen-bond donors (Lipinski definition) is 1. The van der Waals surface area contributed by atoms with Gasteiger partial charge in [-0.25, -0.2) is 0 Å². The summed E-state index contributed by atoms with van der Waals surface area (Å²) in [4.78, 5) is 15.7. The summed E-state index contributed by atoms with van der Waals surface area (Å²) in [5.74, 6) is -0.351. The van der Waals surface area contributed by atoms with Crippen molar-refractivity contribution in [3.05, 3.63) is 29.1 Å². The Balaban J connectivity index is 2.19. The average Bonchev–Trinajstić information content (AvgIpc) is 2.35. The van der Waals surface area contributed by atoms with Crippen LogP contribution in [0.3, 0.4) is 0 Å². The summed E-state index contributed by atoms with van der Waals surface area (Å²) in [6.07, 6.45) is 12.5. The van der Waals surface area contributed by atoms with Gasteiger partial charge >= 0.3 is 0 Å². The molecule has 1 aromatic heterocycles. The van der Waals surface area contributed by atoms with Crippen LogP contribution in [0.15, 0.2) is 12.3 Å². The van der Waals surface area contributed by atoms with Gasteiger partial charge < -0.3 is 5.73 Å². The van der Waals surface area contributed by atoms with Crippen LogP contribution in [0.25, 0.3) is 0 Å². The lowest BCUT2D eigenvalue weighted by atomic mass is 9.98. The summed E-state index contributed by atoms with van der Waals surface area (Å²) in [5, 5.41) is 0. The summed E-state index contributed by atoms with van der Waals surface area (Å²) in [7, 11) is 0. The van der Waals surface area contributed by atoms with E-state index in [1.807, 2.05) is 0 Å². The van der Waals surface area contributed by atoms with Gasteiger partial charge in [-0.1, -0.05) is 32.1 Å². The molecular formula is C15H22N2O. The Hall–Kier alpha value is -1.38. The number of rotatable bonds is 1. The predicted octanol–water partition coefficient (Wildman–Crippen LogP) is 3.01. The monoisotopic (exact) mass is 246 g/mol. The maximum absolute atomic E-state index is 11.4. The van der Waals surface area contributed by atoms with E-state index in [1.54, 1.807) is 6.20 Å². The lowest BCUT2D eigenvalue weighted by Crippen LogP contribution is -2.15. The van der Waals surface area contributed by atoms with Gasteiger partial charge in [0, 0.05) is 11.9 Å². The lowest BCUT2D eigenvalue weighted by Gasteiger charge is -2.10. The number of nitrogens with two attached hydrogens (primary N) is 1. The maximum atomic E-state index is 11.4. The highest BCUT2D eigenvalue weighted by Gasteiger charge is 2.10. The molecule has 0 fully saturated rings. The zero-order valence-electron chi connectivity index (χ0n) is 11.0. The second-order valence-corrected chi connectivity index (χ2v) is 5.17. The Labute approximate surface area is 109 Å². The van der Waals surface area contributed by atoms with E-state index < -0.39 is 0 Å². The zero-order chi connectivity index (χ0) is 12.8. The second-order valence-electron chi connectivity index (χ2n) is 5.17. The summed E-state index contributed by atoms with van der Waals surface area (Å²) in [6, 6.07) is 2.09. The number of carbonyl (C=O) groups is 1. The predicted molar refractivity (Wildman–Crippen MR) is 72.5 cm³/mol. The van der Waals surface area contributed by atoms with E-state index in [4.69, 9.17) is 5.73 Å².